The number of rotatable bonds is 2. The highest BCUT2D eigenvalue weighted by Crippen LogP contribution is 2.37. The van der Waals surface area contributed by atoms with Gasteiger partial charge in [-0.05, 0) is 45.7 Å². The average Bonchev–Trinajstić information content (AvgIpc) is 2.96. The minimum atomic E-state index is -0.705. The van der Waals surface area contributed by atoms with Gasteiger partial charge in [0.1, 0.15) is 11.4 Å². The molecule has 1 aromatic carbocycles. The number of methoxy groups -OCH3 is 1. The number of esters is 1. The molecule has 0 radical (unpaired) electrons. The number of benzene rings is 1. The summed E-state index contributed by atoms with van der Waals surface area (Å²) in [6.07, 6.45) is 0.884. The van der Waals surface area contributed by atoms with Gasteiger partial charge in [0.15, 0.2) is 0 Å². The van der Waals surface area contributed by atoms with Crippen LogP contribution in [0, 0.1) is 5.82 Å². The molecule has 0 saturated carbocycles. The van der Waals surface area contributed by atoms with E-state index >= 15 is 0 Å². The second-order valence-electron chi connectivity index (χ2n) is 6.78. The second kappa shape index (κ2) is 6.67. The van der Waals surface area contributed by atoms with Crippen molar-refractivity contribution in [3.63, 3.8) is 0 Å². The highest BCUT2D eigenvalue weighted by molar-refractivity contribution is 5.90. The maximum atomic E-state index is 14.1. The monoisotopic (exact) mass is 338 g/mol. The fourth-order valence-corrected chi connectivity index (χ4v) is 2.78. The van der Waals surface area contributed by atoms with Crippen LogP contribution in [0.15, 0.2) is 12.1 Å². The van der Waals surface area contributed by atoms with Gasteiger partial charge in [0.2, 0.25) is 0 Å². The Morgan fingerprint density at radius 2 is 2.00 bits per heavy atom. The fraction of sp³-hybridized carbons (Fsp3) is 0.529. The summed E-state index contributed by atoms with van der Waals surface area (Å²) in [4.78, 5) is 25.6. The first-order chi connectivity index (χ1) is 11.1. The molecular formula is C17H23FN2O4. The van der Waals surface area contributed by atoms with E-state index in [1.807, 2.05) is 0 Å². The number of carbonyl (C=O) groups excluding carboxylic acids is 2. The third-order valence-corrected chi connectivity index (χ3v) is 3.82. The molecule has 6 nitrogen and oxygen atoms in total. The molecule has 1 atom stereocenters. The van der Waals surface area contributed by atoms with E-state index in [-0.39, 0.29) is 11.3 Å². The molecule has 1 aromatic rings. The van der Waals surface area contributed by atoms with Gasteiger partial charge in [0.25, 0.3) is 0 Å². The standard InChI is InChI=1S/C17H23FN2O4/c1-17(2,3)24-16(22)20-7-5-6-13(20)11-8-10(15(21)23-4)9-12(18)14(11)19/h8-9,13H,5-7,19H2,1-4H3/t13-/m1/s1. The SMILES string of the molecule is COC(=O)c1cc(F)c(N)c([C@H]2CCCN2C(=O)OC(C)(C)C)c1. The molecule has 1 heterocycles. The molecule has 0 unspecified atom stereocenters. The quantitative estimate of drug-likeness (QED) is 0.661. The number of nitrogens with two attached hydrogens (primary N) is 1. The molecule has 1 amide bonds. The molecular weight excluding hydrogens is 315 g/mol. The minimum Gasteiger partial charge on any atom is -0.465 e. The summed E-state index contributed by atoms with van der Waals surface area (Å²) >= 11 is 0. The maximum Gasteiger partial charge on any atom is 0.410 e. The van der Waals surface area contributed by atoms with E-state index in [1.165, 1.54) is 18.1 Å². The average molecular weight is 338 g/mol. The highest BCUT2D eigenvalue weighted by Gasteiger charge is 2.35. The predicted molar refractivity (Wildman–Crippen MR) is 87.1 cm³/mol. The lowest BCUT2D eigenvalue weighted by Crippen LogP contribution is -2.36. The number of ether oxygens (including phenoxy) is 2. The molecule has 0 bridgehead atoms. The first-order valence-corrected chi connectivity index (χ1v) is 7.81. The zero-order chi connectivity index (χ0) is 18.1. The van der Waals surface area contributed by atoms with Crippen LogP contribution in [-0.4, -0.2) is 36.2 Å². The van der Waals surface area contributed by atoms with Crippen LogP contribution < -0.4 is 5.73 Å². The van der Waals surface area contributed by atoms with E-state index in [2.05, 4.69) is 4.74 Å². The Kier molecular flexibility index (Phi) is 5.01. The Morgan fingerprint density at radius 3 is 2.58 bits per heavy atom. The van der Waals surface area contributed by atoms with E-state index in [0.29, 0.717) is 18.5 Å². The molecule has 2 N–H and O–H groups in total. The molecule has 0 spiro atoms. The van der Waals surface area contributed by atoms with E-state index in [9.17, 15) is 14.0 Å². The number of amides is 1. The van der Waals surface area contributed by atoms with E-state index < -0.39 is 29.5 Å². The lowest BCUT2D eigenvalue weighted by molar-refractivity contribution is 0.0225. The topological polar surface area (TPSA) is 81.9 Å². The molecule has 1 aliphatic rings. The number of hydrogen-bond acceptors (Lipinski definition) is 5. The maximum absolute atomic E-state index is 14.1. The van der Waals surface area contributed by atoms with Gasteiger partial charge in [-0.3, -0.25) is 0 Å². The van der Waals surface area contributed by atoms with Crippen LogP contribution in [0.3, 0.4) is 0 Å². The van der Waals surface area contributed by atoms with Crippen LogP contribution in [-0.2, 0) is 9.47 Å². The summed E-state index contributed by atoms with van der Waals surface area (Å²) in [7, 11) is 1.22. The lowest BCUT2D eigenvalue weighted by Gasteiger charge is -2.29. The molecule has 0 aromatic heterocycles. The zero-order valence-electron chi connectivity index (χ0n) is 14.4. The van der Waals surface area contributed by atoms with Crippen LogP contribution in [0.5, 0.6) is 0 Å². The van der Waals surface area contributed by atoms with Gasteiger partial charge in [0, 0.05) is 12.1 Å². The van der Waals surface area contributed by atoms with Gasteiger partial charge < -0.3 is 20.1 Å². The molecule has 1 saturated heterocycles. The number of nitrogen functional groups attached to an aromatic ring is 1. The molecule has 132 valence electrons. The summed E-state index contributed by atoms with van der Waals surface area (Å²) in [5, 5.41) is 0. The van der Waals surface area contributed by atoms with Gasteiger partial charge in [-0.15, -0.1) is 0 Å². The highest BCUT2D eigenvalue weighted by atomic mass is 19.1. The number of likely N-dealkylation sites (tertiary alicyclic amines) is 1. The number of hydrogen-bond donors (Lipinski definition) is 1. The lowest BCUT2D eigenvalue weighted by atomic mass is 9.99. The van der Waals surface area contributed by atoms with Crippen LogP contribution in [0.1, 0.15) is 55.6 Å². The third-order valence-electron chi connectivity index (χ3n) is 3.82. The van der Waals surface area contributed by atoms with E-state index in [4.69, 9.17) is 10.5 Å². The number of carbonyl (C=O) groups is 2. The summed E-state index contributed by atoms with van der Waals surface area (Å²) < 4.78 is 24.2. The third kappa shape index (κ3) is 3.77. The molecule has 1 aliphatic heterocycles. The van der Waals surface area contributed by atoms with Crippen molar-refractivity contribution in [3.8, 4) is 0 Å². The Hall–Kier alpha value is -2.31. The summed E-state index contributed by atoms with van der Waals surface area (Å²) in [5.74, 6) is -1.36. The first-order valence-electron chi connectivity index (χ1n) is 7.81. The van der Waals surface area contributed by atoms with Crippen molar-refractivity contribution in [3.05, 3.63) is 29.1 Å². The van der Waals surface area contributed by atoms with Gasteiger partial charge >= 0.3 is 12.1 Å². The summed E-state index contributed by atoms with van der Waals surface area (Å²) in [6, 6.07) is 2.09. The predicted octanol–water partition coefficient (Wildman–Crippen LogP) is 3.27. The Labute approximate surface area is 140 Å². The second-order valence-corrected chi connectivity index (χ2v) is 6.78. The molecule has 2 rings (SSSR count). The van der Waals surface area contributed by atoms with E-state index in [0.717, 1.165) is 12.5 Å². The fourth-order valence-electron chi connectivity index (χ4n) is 2.78. The molecule has 24 heavy (non-hydrogen) atoms. The van der Waals surface area contributed by atoms with Gasteiger partial charge in [0.05, 0.1) is 24.4 Å². The van der Waals surface area contributed by atoms with Gasteiger partial charge in [-0.25, -0.2) is 14.0 Å². The van der Waals surface area contributed by atoms with Gasteiger partial charge in [-0.2, -0.15) is 0 Å². The van der Waals surface area contributed by atoms with Crippen molar-refractivity contribution in [2.75, 3.05) is 19.4 Å². The van der Waals surface area contributed by atoms with Crippen molar-refractivity contribution < 1.29 is 23.5 Å². The van der Waals surface area contributed by atoms with Crippen LogP contribution in [0.4, 0.5) is 14.9 Å². The Bertz CT molecular complexity index is 655. The first kappa shape index (κ1) is 18.0. The van der Waals surface area contributed by atoms with Crippen LogP contribution >= 0.6 is 0 Å². The van der Waals surface area contributed by atoms with Gasteiger partial charge in [-0.1, -0.05) is 0 Å². The van der Waals surface area contributed by atoms with Crippen molar-refractivity contribution in [1.82, 2.24) is 4.90 Å². The largest absolute Gasteiger partial charge is 0.465 e. The zero-order valence-corrected chi connectivity index (χ0v) is 14.4. The summed E-state index contributed by atoms with van der Waals surface area (Å²) in [5.41, 5.74) is 5.63. The number of nitrogens with zero attached hydrogens (tertiary/aromatic N) is 1. The Balaban J connectivity index is 2.37. The normalized spacial score (nSPS) is 17.7. The minimum absolute atomic E-state index is 0.0650. The summed E-state index contributed by atoms with van der Waals surface area (Å²) in [6.45, 7) is 5.83. The van der Waals surface area contributed by atoms with Crippen molar-refractivity contribution >= 4 is 17.7 Å². The van der Waals surface area contributed by atoms with Crippen molar-refractivity contribution in [1.29, 1.82) is 0 Å². The smallest absolute Gasteiger partial charge is 0.410 e. The number of halogens is 1. The van der Waals surface area contributed by atoms with Crippen molar-refractivity contribution in [2.45, 2.75) is 45.3 Å². The number of anilines is 1. The van der Waals surface area contributed by atoms with Crippen LogP contribution in [0.25, 0.3) is 0 Å². The molecule has 0 aliphatic carbocycles. The van der Waals surface area contributed by atoms with Crippen LogP contribution in [0.2, 0.25) is 0 Å². The van der Waals surface area contributed by atoms with Crippen molar-refractivity contribution in [2.24, 2.45) is 0 Å². The molecule has 7 heteroatoms. The van der Waals surface area contributed by atoms with E-state index in [1.54, 1.807) is 20.8 Å². The Morgan fingerprint density at radius 1 is 1.33 bits per heavy atom. The molecule has 1 fully saturated rings.